The summed E-state index contributed by atoms with van der Waals surface area (Å²) in [5.74, 6) is -0.236. The van der Waals surface area contributed by atoms with Crippen molar-refractivity contribution in [3.63, 3.8) is 0 Å². The fourth-order valence-corrected chi connectivity index (χ4v) is 1.11. The lowest BCUT2D eigenvalue weighted by Crippen LogP contribution is -2.00. The van der Waals surface area contributed by atoms with E-state index in [1.165, 1.54) is 7.11 Å². The van der Waals surface area contributed by atoms with E-state index in [9.17, 15) is 9.90 Å². The fraction of sp³-hybridized carbons (Fsp3) is 0.182. The molecule has 0 amide bonds. The topological polar surface area (TPSA) is 46.5 Å². The van der Waals surface area contributed by atoms with E-state index in [0.717, 1.165) is 0 Å². The van der Waals surface area contributed by atoms with Crippen molar-refractivity contribution >= 4 is 11.5 Å². The number of phenolic OH excluding ortho intramolecular Hbond substituents is 1. The maximum atomic E-state index is 10.9. The number of benzene rings is 1. The van der Waals surface area contributed by atoms with E-state index in [4.69, 9.17) is 0 Å². The molecular formula is C11H12O3. The summed E-state index contributed by atoms with van der Waals surface area (Å²) in [6, 6.07) is 6.75. The largest absolute Gasteiger partial charge is 0.507 e. The number of carbonyl (C=O) groups is 1. The Balaban J connectivity index is 2.80. The van der Waals surface area contributed by atoms with Crippen molar-refractivity contribution in [1.82, 2.24) is 0 Å². The van der Waals surface area contributed by atoms with Gasteiger partial charge in [0.1, 0.15) is 5.75 Å². The summed E-state index contributed by atoms with van der Waals surface area (Å²) in [5.41, 5.74) is 1.13. The van der Waals surface area contributed by atoms with Gasteiger partial charge in [-0.05, 0) is 11.6 Å². The molecule has 1 aromatic rings. The standard InChI is InChI=1S/C11H12O3/c1-8(7-11(13)14-2)9-5-3-4-6-10(9)12/h3-6,12H,1,7H2,2H3. The molecule has 0 aliphatic heterocycles. The summed E-state index contributed by atoms with van der Waals surface area (Å²) in [4.78, 5) is 10.9. The maximum Gasteiger partial charge on any atom is 0.309 e. The number of para-hydroxylation sites is 1. The van der Waals surface area contributed by atoms with Crippen LogP contribution in [0.15, 0.2) is 30.8 Å². The second-order valence-electron chi connectivity index (χ2n) is 2.87. The van der Waals surface area contributed by atoms with Gasteiger partial charge in [-0.2, -0.15) is 0 Å². The molecule has 0 aliphatic rings. The lowest BCUT2D eigenvalue weighted by atomic mass is 10.0. The van der Waals surface area contributed by atoms with E-state index in [1.54, 1.807) is 24.3 Å². The lowest BCUT2D eigenvalue weighted by Gasteiger charge is -2.06. The van der Waals surface area contributed by atoms with Gasteiger partial charge in [0.2, 0.25) is 0 Å². The molecule has 0 aliphatic carbocycles. The van der Waals surface area contributed by atoms with E-state index in [2.05, 4.69) is 11.3 Å². The summed E-state index contributed by atoms with van der Waals surface area (Å²) < 4.78 is 4.50. The number of hydrogen-bond donors (Lipinski definition) is 1. The van der Waals surface area contributed by atoms with Crippen molar-refractivity contribution in [1.29, 1.82) is 0 Å². The van der Waals surface area contributed by atoms with Crippen molar-refractivity contribution in [2.24, 2.45) is 0 Å². The molecule has 1 aromatic carbocycles. The number of rotatable bonds is 3. The predicted octanol–water partition coefficient (Wildman–Crippen LogP) is 1.97. The van der Waals surface area contributed by atoms with Gasteiger partial charge in [0.15, 0.2) is 0 Å². The predicted molar refractivity (Wildman–Crippen MR) is 53.8 cm³/mol. The number of aromatic hydroxyl groups is 1. The first-order valence-corrected chi connectivity index (χ1v) is 4.18. The SMILES string of the molecule is C=C(CC(=O)OC)c1ccccc1O. The molecule has 3 heteroatoms. The second kappa shape index (κ2) is 4.46. The minimum atomic E-state index is -0.363. The minimum absolute atomic E-state index is 0.0913. The molecule has 0 heterocycles. The van der Waals surface area contributed by atoms with Crippen LogP contribution in [0.4, 0.5) is 0 Å². The highest BCUT2D eigenvalue weighted by molar-refractivity contribution is 5.85. The number of phenols is 1. The Kier molecular flexibility index (Phi) is 3.29. The van der Waals surface area contributed by atoms with Gasteiger partial charge in [0.05, 0.1) is 13.5 Å². The molecule has 1 rings (SSSR count). The molecule has 0 fully saturated rings. The maximum absolute atomic E-state index is 10.9. The Morgan fingerprint density at radius 2 is 2.14 bits per heavy atom. The molecule has 0 radical (unpaired) electrons. The smallest absolute Gasteiger partial charge is 0.309 e. The first kappa shape index (κ1) is 10.3. The monoisotopic (exact) mass is 192 g/mol. The van der Waals surface area contributed by atoms with Crippen LogP contribution in [0, 0.1) is 0 Å². The van der Waals surface area contributed by atoms with Crippen LogP contribution in [0.25, 0.3) is 5.57 Å². The van der Waals surface area contributed by atoms with E-state index in [0.29, 0.717) is 11.1 Å². The Hall–Kier alpha value is -1.77. The van der Waals surface area contributed by atoms with Crippen molar-refractivity contribution < 1.29 is 14.6 Å². The van der Waals surface area contributed by atoms with Crippen LogP contribution >= 0.6 is 0 Å². The third-order valence-corrected chi connectivity index (χ3v) is 1.87. The van der Waals surface area contributed by atoms with Gasteiger partial charge in [-0.25, -0.2) is 0 Å². The second-order valence-corrected chi connectivity index (χ2v) is 2.87. The normalized spacial score (nSPS) is 9.50. The average Bonchev–Trinajstić information content (AvgIpc) is 2.18. The highest BCUT2D eigenvalue weighted by Crippen LogP contribution is 2.25. The molecule has 74 valence electrons. The molecule has 0 unspecified atom stereocenters. The molecule has 0 saturated carbocycles. The Morgan fingerprint density at radius 1 is 1.50 bits per heavy atom. The van der Waals surface area contributed by atoms with Crippen molar-refractivity contribution in [3.05, 3.63) is 36.4 Å². The third-order valence-electron chi connectivity index (χ3n) is 1.87. The molecule has 0 spiro atoms. The number of hydrogen-bond acceptors (Lipinski definition) is 3. The number of ether oxygens (including phenoxy) is 1. The van der Waals surface area contributed by atoms with Gasteiger partial charge in [-0.3, -0.25) is 4.79 Å². The summed E-state index contributed by atoms with van der Waals surface area (Å²) in [6.07, 6.45) is 0.0913. The molecule has 0 bridgehead atoms. The Bertz CT molecular complexity index is 355. The van der Waals surface area contributed by atoms with Crippen molar-refractivity contribution in [3.8, 4) is 5.75 Å². The van der Waals surface area contributed by atoms with E-state index < -0.39 is 0 Å². The van der Waals surface area contributed by atoms with Gasteiger partial charge in [-0.1, -0.05) is 24.8 Å². The summed E-state index contributed by atoms with van der Waals surface area (Å²) in [6.45, 7) is 3.71. The first-order chi connectivity index (χ1) is 6.65. The van der Waals surface area contributed by atoms with Crippen molar-refractivity contribution in [2.45, 2.75) is 6.42 Å². The van der Waals surface area contributed by atoms with Gasteiger partial charge >= 0.3 is 5.97 Å². The molecule has 1 N–H and O–H groups in total. The van der Waals surface area contributed by atoms with Crippen molar-refractivity contribution in [2.75, 3.05) is 7.11 Å². The average molecular weight is 192 g/mol. The molecule has 3 nitrogen and oxygen atoms in total. The van der Waals surface area contributed by atoms with Gasteiger partial charge in [-0.15, -0.1) is 0 Å². The lowest BCUT2D eigenvalue weighted by molar-refractivity contribution is -0.139. The zero-order valence-electron chi connectivity index (χ0n) is 7.99. The number of esters is 1. The zero-order valence-corrected chi connectivity index (χ0v) is 7.99. The quantitative estimate of drug-likeness (QED) is 0.745. The molecule has 0 saturated heterocycles. The van der Waals surface area contributed by atoms with Crippen LogP contribution in [0.1, 0.15) is 12.0 Å². The fourth-order valence-electron chi connectivity index (χ4n) is 1.11. The summed E-state index contributed by atoms with van der Waals surface area (Å²) in [5, 5.41) is 9.45. The minimum Gasteiger partial charge on any atom is -0.507 e. The first-order valence-electron chi connectivity index (χ1n) is 4.18. The molecule has 0 atom stereocenters. The van der Waals surface area contributed by atoms with E-state index >= 15 is 0 Å². The highest BCUT2D eigenvalue weighted by Gasteiger charge is 2.08. The van der Waals surface area contributed by atoms with Crippen LogP contribution in [0.2, 0.25) is 0 Å². The van der Waals surface area contributed by atoms with Crippen LogP contribution < -0.4 is 0 Å². The molecular weight excluding hydrogens is 180 g/mol. The van der Waals surface area contributed by atoms with Crippen LogP contribution in [-0.2, 0) is 9.53 Å². The number of carbonyl (C=O) groups excluding carboxylic acids is 1. The van der Waals surface area contributed by atoms with E-state index in [1.807, 2.05) is 0 Å². The van der Waals surface area contributed by atoms with Gasteiger partial charge in [0.25, 0.3) is 0 Å². The molecule has 0 aromatic heterocycles. The molecule has 14 heavy (non-hydrogen) atoms. The van der Waals surface area contributed by atoms with Gasteiger partial charge < -0.3 is 9.84 Å². The highest BCUT2D eigenvalue weighted by atomic mass is 16.5. The summed E-state index contributed by atoms with van der Waals surface area (Å²) >= 11 is 0. The van der Waals surface area contributed by atoms with E-state index in [-0.39, 0.29) is 18.1 Å². The summed E-state index contributed by atoms with van der Waals surface area (Å²) in [7, 11) is 1.32. The number of methoxy groups -OCH3 is 1. The Labute approximate surface area is 82.6 Å². The zero-order chi connectivity index (χ0) is 10.6. The Morgan fingerprint density at radius 3 is 2.71 bits per heavy atom. The van der Waals surface area contributed by atoms with Crippen LogP contribution in [-0.4, -0.2) is 18.2 Å². The van der Waals surface area contributed by atoms with Crippen LogP contribution in [0.3, 0.4) is 0 Å². The third kappa shape index (κ3) is 2.36. The van der Waals surface area contributed by atoms with Crippen LogP contribution in [0.5, 0.6) is 5.75 Å². The van der Waals surface area contributed by atoms with Gasteiger partial charge in [0, 0.05) is 5.56 Å².